The molecular weight excluding hydrogens is 196 g/mol. The van der Waals surface area contributed by atoms with Crippen LogP contribution in [-0.2, 0) is 11.2 Å². The van der Waals surface area contributed by atoms with Gasteiger partial charge in [-0.2, -0.15) is 0 Å². The number of hydrogen-bond acceptors (Lipinski definition) is 1. The standard InChI is InChI=1S/C10H20N2OS/c1-10-4-8-12(9-5-10)14(13)11-6-2-3-7-11/h10H,2-9H2,1H3. The van der Waals surface area contributed by atoms with Crippen molar-refractivity contribution < 1.29 is 4.21 Å². The first-order chi connectivity index (χ1) is 6.77. The van der Waals surface area contributed by atoms with Gasteiger partial charge in [0.05, 0.1) is 0 Å². The predicted molar refractivity (Wildman–Crippen MR) is 58.9 cm³/mol. The highest BCUT2D eigenvalue weighted by Gasteiger charge is 2.26. The summed E-state index contributed by atoms with van der Waals surface area (Å²) in [4.78, 5) is 0. The topological polar surface area (TPSA) is 23.6 Å². The van der Waals surface area contributed by atoms with Crippen molar-refractivity contribution in [2.45, 2.75) is 32.6 Å². The maximum atomic E-state index is 12.1. The smallest absolute Gasteiger partial charge is 0.172 e. The van der Waals surface area contributed by atoms with Gasteiger partial charge in [0, 0.05) is 26.2 Å². The summed E-state index contributed by atoms with van der Waals surface area (Å²) in [6.45, 7) is 6.38. The Morgan fingerprint density at radius 3 is 2.07 bits per heavy atom. The van der Waals surface area contributed by atoms with E-state index >= 15 is 0 Å². The molecule has 82 valence electrons. The maximum Gasteiger partial charge on any atom is 0.172 e. The van der Waals surface area contributed by atoms with Gasteiger partial charge in [0.15, 0.2) is 11.2 Å². The Kier molecular flexibility index (Phi) is 3.57. The van der Waals surface area contributed by atoms with Crippen molar-refractivity contribution in [3.05, 3.63) is 0 Å². The fraction of sp³-hybridized carbons (Fsp3) is 1.00. The molecule has 0 aromatic rings. The summed E-state index contributed by atoms with van der Waals surface area (Å²) in [5.41, 5.74) is 0. The van der Waals surface area contributed by atoms with Crippen LogP contribution in [0.1, 0.15) is 32.6 Å². The van der Waals surface area contributed by atoms with Crippen molar-refractivity contribution in [1.29, 1.82) is 0 Å². The molecule has 0 amide bonds. The molecule has 4 heteroatoms. The SMILES string of the molecule is CC1CCN(S(=O)N2CCCC2)CC1. The first-order valence-electron chi connectivity index (χ1n) is 5.69. The van der Waals surface area contributed by atoms with Crippen LogP contribution < -0.4 is 0 Å². The summed E-state index contributed by atoms with van der Waals surface area (Å²) in [6.07, 6.45) is 4.85. The zero-order valence-corrected chi connectivity index (χ0v) is 9.76. The first kappa shape index (κ1) is 10.6. The molecule has 0 spiro atoms. The van der Waals surface area contributed by atoms with E-state index in [0.717, 1.165) is 32.1 Å². The second-order valence-corrected chi connectivity index (χ2v) is 5.97. The summed E-state index contributed by atoms with van der Waals surface area (Å²) < 4.78 is 16.3. The van der Waals surface area contributed by atoms with E-state index in [0.29, 0.717) is 0 Å². The quantitative estimate of drug-likeness (QED) is 0.684. The Labute approximate surface area is 89.2 Å². The maximum absolute atomic E-state index is 12.1. The Balaban J connectivity index is 1.85. The Morgan fingerprint density at radius 1 is 1.00 bits per heavy atom. The van der Waals surface area contributed by atoms with Crippen LogP contribution in [0, 0.1) is 5.92 Å². The molecule has 2 rings (SSSR count). The minimum Gasteiger partial charge on any atom is -0.225 e. The highest BCUT2D eigenvalue weighted by molar-refractivity contribution is 7.80. The molecule has 2 aliphatic heterocycles. The average Bonchev–Trinajstić information content (AvgIpc) is 2.71. The molecule has 14 heavy (non-hydrogen) atoms. The summed E-state index contributed by atoms with van der Waals surface area (Å²) in [7, 11) is 0. The number of nitrogens with zero attached hydrogens (tertiary/aromatic N) is 2. The highest BCUT2D eigenvalue weighted by Crippen LogP contribution is 2.20. The van der Waals surface area contributed by atoms with Crippen molar-refractivity contribution in [3.8, 4) is 0 Å². The lowest BCUT2D eigenvalue weighted by molar-refractivity contribution is 0.287. The summed E-state index contributed by atoms with van der Waals surface area (Å²) in [6, 6.07) is 0. The van der Waals surface area contributed by atoms with Crippen molar-refractivity contribution in [1.82, 2.24) is 8.61 Å². The van der Waals surface area contributed by atoms with Gasteiger partial charge >= 0.3 is 0 Å². The zero-order chi connectivity index (χ0) is 9.97. The lowest BCUT2D eigenvalue weighted by atomic mass is 10.0. The van der Waals surface area contributed by atoms with E-state index in [4.69, 9.17) is 0 Å². The van der Waals surface area contributed by atoms with Gasteiger partial charge in [-0.3, -0.25) is 0 Å². The summed E-state index contributed by atoms with van der Waals surface area (Å²) in [5.74, 6) is 0.821. The minimum atomic E-state index is -0.830. The number of rotatable bonds is 2. The summed E-state index contributed by atoms with van der Waals surface area (Å²) >= 11 is -0.830. The third-order valence-electron chi connectivity index (χ3n) is 3.25. The highest BCUT2D eigenvalue weighted by atomic mass is 32.2. The van der Waals surface area contributed by atoms with Crippen molar-refractivity contribution >= 4 is 11.2 Å². The van der Waals surface area contributed by atoms with Crippen LogP contribution in [0.2, 0.25) is 0 Å². The second kappa shape index (κ2) is 4.73. The molecule has 2 aliphatic rings. The number of hydrogen-bond donors (Lipinski definition) is 0. The van der Waals surface area contributed by atoms with Crippen LogP contribution in [0.5, 0.6) is 0 Å². The van der Waals surface area contributed by atoms with Gasteiger partial charge in [-0.15, -0.1) is 0 Å². The van der Waals surface area contributed by atoms with Gasteiger partial charge in [-0.1, -0.05) is 6.92 Å². The fourth-order valence-electron chi connectivity index (χ4n) is 2.15. The van der Waals surface area contributed by atoms with E-state index in [1.807, 2.05) is 0 Å². The zero-order valence-electron chi connectivity index (χ0n) is 8.95. The molecule has 0 saturated carbocycles. The van der Waals surface area contributed by atoms with E-state index in [9.17, 15) is 4.21 Å². The molecule has 0 aromatic carbocycles. The Bertz CT molecular complexity index is 208. The van der Waals surface area contributed by atoms with Gasteiger partial charge in [-0.05, 0) is 31.6 Å². The van der Waals surface area contributed by atoms with Gasteiger partial charge in [0.1, 0.15) is 0 Å². The number of piperidine rings is 1. The normalized spacial score (nSPS) is 29.5. The van der Waals surface area contributed by atoms with E-state index in [-0.39, 0.29) is 0 Å². The average molecular weight is 216 g/mol. The minimum absolute atomic E-state index is 0.821. The Hall–Kier alpha value is 0.0700. The van der Waals surface area contributed by atoms with Crippen LogP contribution >= 0.6 is 0 Å². The van der Waals surface area contributed by atoms with E-state index < -0.39 is 11.2 Å². The van der Waals surface area contributed by atoms with E-state index in [2.05, 4.69) is 15.5 Å². The molecule has 1 atom stereocenters. The van der Waals surface area contributed by atoms with Crippen molar-refractivity contribution in [3.63, 3.8) is 0 Å². The monoisotopic (exact) mass is 216 g/mol. The van der Waals surface area contributed by atoms with Crippen LogP contribution in [0.25, 0.3) is 0 Å². The first-order valence-corrected chi connectivity index (χ1v) is 6.75. The fourth-order valence-corrected chi connectivity index (χ4v) is 3.57. The molecule has 2 fully saturated rings. The molecule has 2 saturated heterocycles. The van der Waals surface area contributed by atoms with Crippen LogP contribution in [-0.4, -0.2) is 39.0 Å². The molecular formula is C10H20N2OS. The van der Waals surface area contributed by atoms with Gasteiger partial charge in [-0.25, -0.2) is 12.8 Å². The van der Waals surface area contributed by atoms with Gasteiger partial charge < -0.3 is 0 Å². The third-order valence-corrected chi connectivity index (χ3v) is 4.86. The van der Waals surface area contributed by atoms with Crippen molar-refractivity contribution in [2.75, 3.05) is 26.2 Å². The van der Waals surface area contributed by atoms with E-state index in [1.54, 1.807) is 0 Å². The lowest BCUT2D eigenvalue weighted by Gasteiger charge is -2.31. The Morgan fingerprint density at radius 2 is 1.50 bits per heavy atom. The predicted octanol–water partition coefficient (Wildman–Crippen LogP) is 1.39. The summed E-state index contributed by atoms with van der Waals surface area (Å²) in [5, 5.41) is 0. The lowest BCUT2D eigenvalue weighted by Crippen LogP contribution is -2.41. The molecule has 3 nitrogen and oxygen atoms in total. The van der Waals surface area contributed by atoms with Gasteiger partial charge in [0.2, 0.25) is 0 Å². The molecule has 0 aliphatic carbocycles. The van der Waals surface area contributed by atoms with E-state index in [1.165, 1.54) is 25.7 Å². The van der Waals surface area contributed by atoms with Crippen LogP contribution in [0.15, 0.2) is 0 Å². The molecule has 1 unspecified atom stereocenters. The second-order valence-electron chi connectivity index (χ2n) is 4.48. The molecule has 0 aromatic heterocycles. The van der Waals surface area contributed by atoms with Gasteiger partial charge in [0.25, 0.3) is 0 Å². The van der Waals surface area contributed by atoms with Crippen LogP contribution in [0.4, 0.5) is 0 Å². The molecule has 0 radical (unpaired) electrons. The third kappa shape index (κ3) is 2.35. The molecule has 0 N–H and O–H groups in total. The molecule has 0 bridgehead atoms. The van der Waals surface area contributed by atoms with Crippen molar-refractivity contribution in [2.24, 2.45) is 5.92 Å². The van der Waals surface area contributed by atoms with Crippen LogP contribution in [0.3, 0.4) is 0 Å². The largest absolute Gasteiger partial charge is 0.225 e. The molecule has 2 heterocycles.